The number of aliphatic hydroxyl groups is 3. The molecule has 0 aromatic rings. The van der Waals surface area contributed by atoms with E-state index in [0.29, 0.717) is 6.42 Å². The molecule has 0 fully saturated rings. The van der Waals surface area contributed by atoms with Crippen LogP contribution >= 0.6 is 0 Å². The molecule has 5 heteroatoms. The monoisotopic (exact) mass is 912 g/mol. The highest BCUT2D eigenvalue weighted by Gasteiger charge is 2.20. The molecule has 0 aromatic heterocycles. The summed E-state index contributed by atoms with van der Waals surface area (Å²) in [5.74, 6) is -0.326. The van der Waals surface area contributed by atoms with Gasteiger partial charge in [-0.15, -0.1) is 0 Å². The lowest BCUT2D eigenvalue weighted by Gasteiger charge is -2.21. The van der Waals surface area contributed by atoms with E-state index in [1.807, 2.05) is 6.08 Å². The number of amides is 1. The number of carbonyl (C=O) groups excluding carboxylic acids is 1. The first kappa shape index (κ1) is 63.3. The van der Waals surface area contributed by atoms with E-state index in [4.69, 9.17) is 0 Å². The number of allylic oxidation sites excluding steroid dienone is 7. The molecule has 0 bridgehead atoms. The van der Waals surface area contributed by atoms with Gasteiger partial charge in [0, 0.05) is 0 Å². The lowest BCUT2D eigenvalue weighted by atomic mass is 10.0. The minimum atomic E-state index is -0.961. The van der Waals surface area contributed by atoms with Gasteiger partial charge in [0.25, 0.3) is 0 Å². The summed E-state index contributed by atoms with van der Waals surface area (Å²) in [6, 6.07) is -0.769. The summed E-state index contributed by atoms with van der Waals surface area (Å²) in [5.41, 5.74) is 0. The number of carbonyl (C=O) groups is 1. The molecule has 0 rings (SSSR count). The van der Waals surface area contributed by atoms with E-state index in [2.05, 4.69) is 55.6 Å². The van der Waals surface area contributed by atoms with Gasteiger partial charge in [0.2, 0.25) is 5.91 Å². The molecule has 0 saturated heterocycles. The maximum atomic E-state index is 12.5. The van der Waals surface area contributed by atoms with E-state index in [1.165, 1.54) is 238 Å². The van der Waals surface area contributed by atoms with E-state index in [1.54, 1.807) is 6.08 Å². The Morgan fingerprint density at radius 3 is 0.985 bits per heavy atom. The first-order chi connectivity index (χ1) is 32.0. The second-order valence-corrected chi connectivity index (χ2v) is 19.9. The van der Waals surface area contributed by atoms with Crippen LogP contribution in [0.2, 0.25) is 0 Å². The lowest BCUT2D eigenvalue weighted by molar-refractivity contribution is -0.124. The van der Waals surface area contributed by atoms with Gasteiger partial charge in [0.05, 0.1) is 31.3 Å². The van der Waals surface area contributed by atoms with E-state index < -0.39 is 18.2 Å². The van der Waals surface area contributed by atoms with Crippen LogP contribution in [0.1, 0.15) is 303 Å². The molecule has 3 atom stereocenters. The standard InChI is InChI=1S/C60H113NO4/c1-3-5-7-9-11-13-15-17-19-21-23-25-26-27-28-29-30-31-32-33-34-35-37-39-41-43-45-47-49-51-53-57(63)55-60(65)61-58(56-62)59(64)54-52-50-48-46-44-42-40-38-36-24-22-20-18-16-14-12-10-8-6-4-2/h27-28,36,38,44,46,52,54,57-59,62-64H,3-26,29-35,37,39-43,45,47-51,53,55-56H2,1-2H3,(H,61,65)/b28-27-,38-36+,46-44+,54-52+. The molecule has 0 aliphatic heterocycles. The van der Waals surface area contributed by atoms with Crippen molar-refractivity contribution in [2.24, 2.45) is 0 Å². The third kappa shape index (κ3) is 51.5. The van der Waals surface area contributed by atoms with Crippen molar-refractivity contribution in [1.29, 1.82) is 0 Å². The Balaban J connectivity index is 3.59. The first-order valence-electron chi connectivity index (χ1n) is 28.9. The smallest absolute Gasteiger partial charge is 0.222 e. The van der Waals surface area contributed by atoms with Crippen molar-refractivity contribution >= 4 is 5.91 Å². The molecule has 5 nitrogen and oxygen atoms in total. The van der Waals surface area contributed by atoms with Gasteiger partial charge in [-0.05, 0) is 70.6 Å². The Kier molecular flexibility index (Phi) is 53.5. The SMILES string of the molecule is CCCCCCCCCCCC/C=C/CC/C=C/CC/C=C/C(O)C(CO)NC(=O)CC(O)CCCCCCCCCCCCCCCC/C=C\CCCCCCCCCCCCCC. The Bertz CT molecular complexity index is 1050. The number of aliphatic hydroxyl groups excluding tert-OH is 3. The van der Waals surface area contributed by atoms with Crippen LogP contribution in [0, 0.1) is 0 Å². The summed E-state index contributed by atoms with van der Waals surface area (Å²) >= 11 is 0. The molecule has 3 unspecified atom stereocenters. The molecule has 0 saturated carbocycles. The normalized spacial score (nSPS) is 13.6. The zero-order valence-corrected chi connectivity index (χ0v) is 43.6. The van der Waals surface area contributed by atoms with Gasteiger partial charge < -0.3 is 20.6 Å². The summed E-state index contributed by atoms with van der Waals surface area (Å²) in [5, 5.41) is 33.4. The van der Waals surface area contributed by atoms with Crippen molar-refractivity contribution in [1.82, 2.24) is 5.32 Å². The van der Waals surface area contributed by atoms with Gasteiger partial charge in [-0.2, -0.15) is 0 Å². The lowest BCUT2D eigenvalue weighted by Crippen LogP contribution is -2.45. The van der Waals surface area contributed by atoms with Crippen molar-refractivity contribution in [2.75, 3.05) is 6.61 Å². The second-order valence-electron chi connectivity index (χ2n) is 19.9. The van der Waals surface area contributed by atoms with Gasteiger partial charge in [0.15, 0.2) is 0 Å². The van der Waals surface area contributed by atoms with Crippen LogP contribution < -0.4 is 5.32 Å². The molecule has 0 heterocycles. The molecule has 4 N–H and O–H groups in total. The average molecular weight is 913 g/mol. The number of hydrogen-bond donors (Lipinski definition) is 4. The van der Waals surface area contributed by atoms with Crippen LogP contribution in [0.15, 0.2) is 48.6 Å². The number of rotatable bonds is 53. The van der Waals surface area contributed by atoms with Crippen LogP contribution in [-0.2, 0) is 4.79 Å². The summed E-state index contributed by atoms with van der Waals surface area (Å²) in [4.78, 5) is 12.5. The van der Waals surface area contributed by atoms with E-state index in [-0.39, 0.29) is 18.9 Å². The third-order valence-electron chi connectivity index (χ3n) is 13.3. The fourth-order valence-corrected chi connectivity index (χ4v) is 8.90. The number of nitrogens with one attached hydrogen (secondary N) is 1. The fraction of sp³-hybridized carbons (Fsp3) is 0.850. The second kappa shape index (κ2) is 54.9. The highest BCUT2D eigenvalue weighted by Crippen LogP contribution is 2.17. The first-order valence-corrected chi connectivity index (χ1v) is 28.9. The molecule has 0 aromatic carbocycles. The van der Waals surface area contributed by atoms with Crippen molar-refractivity contribution in [3.8, 4) is 0 Å². The number of unbranched alkanes of at least 4 members (excludes halogenated alkanes) is 38. The average Bonchev–Trinajstić information content (AvgIpc) is 3.30. The van der Waals surface area contributed by atoms with Crippen molar-refractivity contribution in [2.45, 2.75) is 321 Å². The van der Waals surface area contributed by atoms with E-state index in [0.717, 1.165) is 38.5 Å². The Hall–Kier alpha value is -1.69. The Morgan fingerprint density at radius 1 is 0.385 bits per heavy atom. The van der Waals surface area contributed by atoms with E-state index in [9.17, 15) is 20.1 Å². The topological polar surface area (TPSA) is 89.8 Å². The highest BCUT2D eigenvalue weighted by molar-refractivity contribution is 5.76. The van der Waals surface area contributed by atoms with Crippen LogP contribution in [0.5, 0.6) is 0 Å². The molecule has 0 spiro atoms. The van der Waals surface area contributed by atoms with E-state index >= 15 is 0 Å². The van der Waals surface area contributed by atoms with Crippen molar-refractivity contribution in [3.05, 3.63) is 48.6 Å². The Labute approximate surface area is 406 Å². The zero-order valence-electron chi connectivity index (χ0n) is 43.6. The summed E-state index contributed by atoms with van der Waals surface area (Å²) in [6.45, 7) is 4.22. The minimum Gasteiger partial charge on any atom is -0.394 e. The van der Waals surface area contributed by atoms with Gasteiger partial charge in [-0.1, -0.05) is 274 Å². The molecule has 382 valence electrons. The van der Waals surface area contributed by atoms with Gasteiger partial charge in [-0.3, -0.25) is 4.79 Å². The van der Waals surface area contributed by atoms with Gasteiger partial charge in [0.1, 0.15) is 0 Å². The summed E-state index contributed by atoms with van der Waals surface area (Å²) in [6.07, 6.45) is 73.1. The van der Waals surface area contributed by atoms with Crippen molar-refractivity contribution < 1.29 is 20.1 Å². The molecule has 0 aliphatic carbocycles. The predicted octanol–water partition coefficient (Wildman–Crippen LogP) is 18.0. The predicted molar refractivity (Wildman–Crippen MR) is 287 cm³/mol. The molecular weight excluding hydrogens is 799 g/mol. The summed E-state index contributed by atoms with van der Waals surface area (Å²) < 4.78 is 0. The molecular formula is C60H113NO4. The molecule has 0 aliphatic rings. The quantitative estimate of drug-likeness (QED) is 0.0361. The van der Waals surface area contributed by atoms with Crippen molar-refractivity contribution in [3.63, 3.8) is 0 Å². The van der Waals surface area contributed by atoms with Crippen LogP contribution in [0.4, 0.5) is 0 Å². The molecule has 1 amide bonds. The minimum absolute atomic E-state index is 0.00311. The highest BCUT2D eigenvalue weighted by atomic mass is 16.3. The van der Waals surface area contributed by atoms with Gasteiger partial charge in [-0.25, -0.2) is 0 Å². The summed E-state index contributed by atoms with van der Waals surface area (Å²) in [7, 11) is 0. The molecule has 0 radical (unpaired) electrons. The van der Waals surface area contributed by atoms with Crippen LogP contribution in [0.3, 0.4) is 0 Å². The maximum Gasteiger partial charge on any atom is 0.222 e. The fourth-order valence-electron chi connectivity index (χ4n) is 8.90. The number of hydrogen-bond acceptors (Lipinski definition) is 4. The zero-order chi connectivity index (χ0) is 47.2. The Morgan fingerprint density at radius 2 is 0.662 bits per heavy atom. The largest absolute Gasteiger partial charge is 0.394 e. The third-order valence-corrected chi connectivity index (χ3v) is 13.3. The van der Waals surface area contributed by atoms with Crippen LogP contribution in [0.25, 0.3) is 0 Å². The molecule has 65 heavy (non-hydrogen) atoms. The van der Waals surface area contributed by atoms with Crippen LogP contribution in [-0.4, -0.2) is 46.1 Å². The maximum absolute atomic E-state index is 12.5. The van der Waals surface area contributed by atoms with Gasteiger partial charge >= 0.3 is 0 Å².